The molecule has 0 atom stereocenters. The molecule has 25 heavy (non-hydrogen) atoms. The second kappa shape index (κ2) is 7.31. The smallest absolute Gasteiger partial charge is 0.275 e. The molecular weight excluding hydrogens is 384 g/mol. The topological polar surface area (TPSA) is 90.4 Å². The van der Waals surface area contributed by atoms with Crippen LogP contribution in [0.1, 0.15) is 21.5 Å². The SMILES string of the molecule is Cc1ccc(-c2[nH]ncc2/C=N\NC(=O)c2cc(Br)ccc2O)cc1. The van der Waals surface area contributed by atoms with Gasteiger partial charge in [-0.3, -0.25) is 9.89 Å². The van der Waals surface area contributed by atoms with E-state index in [-0.39, 0.29) is 11.3 Å². The molecule has 0 aliphatic rings. The van der Waals surface area contributed by atoms with E-state index < -0.39 is 5.91 Å². The van der Waals surface area contributed by atoms with Crippen molar-refractivity contribution in [2.24, 2.45) is 5.10 Å². The van der Waals surface area contributed by atoms with Gasteiger partial charge in [0.05, 0.1) is 23.7 Å². The van der Waals surface area contributed by atoms with Crippen molar-refractivity contribution in [2.75, 3.05) is 0 Å². The molecule has 0 aliphatic heterocycles. The maximum Gasteiger partial charge on any atom is 0.275 e. The maximum absolute atomic E-state index is 12.1. The Balaban J connectivity index is 1.75. The molecule has 0 saturated heterocycles. The highest BCUT2D eigenvalue weighted by atomic mass is 79.9. The maximum atomic E-state index is 12.1. The number of nitrogens with one attached hydrogen (secondary N) is 2. The summed E-state index contributed by atoms with van der Waals surface area (Å²) in [6, 6.07) is 12.6. The van der Waals surface area contributed by atoms with E-state index in [2.05, 4.69) is 36.7 Å². The minimum atomic E-state index is -0.504. The number of benzene rings is 2. The van der Waals surface area contributed by atoms with Crippen LogP contribution in [0.4, 0.5) is 0 Å². The van der Waals surface area contributed by atoms with Gasteiger partial charge in [0.15, 0.2) is 0 Å². The third kappa shape index (κ3) is 3.95. The summed E-state index contributed by atoms with van der Waals surface area (Å²) >= 11 is 3.26. The van der Waals surface area contributed by atoms with Crippen LogP contribution in [-0.2, 0) is 0 Å². The average Bonchev–Trinajstić information content (AvgIpc) is 3.06. The molecule has 1 amide bonds. The van der Waals surface area contributed by atoms with E-state index in [1.54, 1.807) is 12.3 Å². The molecule has 0 bridgehead atoms. The molecule has 0 unspecified atom stereocenters. The Labute approximate surface area is 152 Å². The predicted octanol–water partition coefficient (Wildman–Crippen LogP) is 3.62. The molecule has 0 fully saturated rings. The van der Waals surface area contributed by atoms with Gasteiger partial charge in [0.2, 0.25) is 0 Å². The number of phenols is 1. The van der Waals surface area contributed by atoms with Gasteiger partial charge >= 0.3 is 0 Å². The van der Waals surface area contributed by atoms with Crippen molar-refractivity contribution in [1.82, 2.24) is 15.6 Å². The van der Waals surface area contributed by atoms with Crippen molar-refractivity contribution in [3.8, 4) is 17.0 Å². The number of aromatic amines is 1. The van der Waals surface area contributed by atoms with Crippen molar-refractivity contribution >= 4 is 28.1 Å². The Morgan fingerprint density at radius 1 is 1.28 bits per heavy atom. The highest BCUT2D eigenvalue weighted by molar-refractivity contribution is 9.10. The van der Waals surface area contributed by atoms with Crippen LogP contribution in [0.15, 0.2) is 58.2 Å². The zero-order valence-electron chi connectivity index (χ0n) is 13.3. The summed E-state index contributed by atoms with van der Waals surface area (Å²) in [5.74, 6) is -0.616. The lowest BCUT2D eigenvalue weighted by Gasteiger charge is -2.03. The van der Waals surface area contributed by atoms with Crippen molar-refractivity contribution < 1.29 is 9.90 Å². The number of carbonyl (C=O) groups is 1. The molecule has 0 aliphatic carbocycles. The lowest BCUT2D eigenvalue weighted by atomic mass is 10.1. The molecular formula is C18H15BrN4O2. The number of rotatable bonds is 4. The Morgan fingerprint density at radius 3 is 2.80 bits per heavy atom. The Kier molecular flexibility index (Phi) is 4.95. The van der Waals surface area contributed by atoms with Crippen LogP contribution >= 0.6 is 15.9 Å². The summed E-state index contributed by atoms with van der Waals surface area (Å²) in [6.45, 7) is 2.02. The number of phenolic OH excluding ortho intramolecular Hbond substituents is 1. The number of aromatic nitrogens is 2. The lowest BCUT2D eigenvalue weighted by molar-refractivity contribution is 0.0952. The van der Waals surface area contributed by atoms with E-state index in [0.717, 1.165) is 16.8 Å². The quantitative estimate of drug-likeness (QED) is 0.462. The highest BCUT2D eigenvalue weighted by Gasteiger charge is 2.11. The summed E-state index contributed by atoms with van der Waals surface area (Å²) in [5, 5.41) is 20.7. The standard InChI is InChI=1S/C18H15BrN4O2/c1-11-2-4-12(5-3-11)17-13(9-20-22-17)10-21-23-18(25)15-8-14(19)6-7-16(15)24/h2-10,24H,1H3,(H,20,22)(H,23,25)/b21-10-. The first kappa shape index (κ1) is 16.9. The van der Waals surface area contributed by atoms with Crippen molar-refractivity contribution in [1.29, 1.82) is 0 Å². The molecule has 3 aromatic rings. The van der Waals surface area contributed by atoms with Gasteiger partial charge in [-0.25, -0.2) is 5.43 Å². The highest BCUT2D eigenvalue weighted by Crippen LogP contribution is 2.22. The second-order valence-electron chi connectivity index (χ2n) is 5.43. The van der Waals surface area contributed by atoms with E-state index in [9.17, 15) is 9.90 Å². The number of aromatic hydroxyl groups is 1. The van der Waals surface area contributed by atoms with Gasteiger partial charge in [-0.2, -0.15) is 10.2 Å². The molecule has 6 nitrogen and oxygen atoms in total. The fourth-order valence-corrected chi connectivity index (χ4v) is 2.62. The van der Waals surface area contributed by atoms with E-state index in [1.807, 2.05) is 31.2 Å². The molecule has 1 aromatic heterocycles. The van der Waals surface area contributed by atoms with Crippen LogP contribution in [0.25, 0.3) is 11.3 Å². The van der Waals surface area contributed by atoms with E-state index in [1.165, 1.54) is 23.9 Å². The molecule has 3 rings (SSSR count). The molecule has 7 heteroatoms. The molecule has 1 heterocycles. The van der Waals surface area contributed by atoms with E-state index in [4.69, 9.17) is 0 Å². The number of amides is 1. The van der Waals surface area contributed by atoms with Crippen molar-refractivity contribution in [3.63, 3.8) is 0 Å². The number of nitrogens with zero attached hydrogens (tertiary/aromatic N) is 2. The fraction of sp³-hybridized carbons (Fsp3) is 0.0556. The monoisotopic (exact) mass is 398 g/mol. The third-order valence-corrected chi connectivity index (χ3v) is 4.08. The van der Waals surface area contributed by atoms with Gasteiger partial charge in [-0.15, -0.1) is 0 Å². The molecule has 126 valence electrons. The van der Waals surface area contributed by atoms with Crippen LogP contribution in [0, 0.1) is 6.92 Å². The minimum absolute atomic E-state index is 0.112. The first-order chi connectivity index (χ1) is 12.0. The van der Waals surface area contributed by atoms with Gasteiger partial charge in [0, 0.05) is 15.6 Å². The Morgan fingerprint density at radius 2 is 2.04 bits per heavy atom. The van der Waals surface area contributed by atoms with Gasteiger partial charge in [0.25, 0.3) is 5.91 Å². The van der Waals surface area contributed by atoms with Crippen molar-refractivity contribution in [2.45, 2.75) is 6.92 Å². The number of aryl methyl sites for hydroxylation is 1. The largest absolute Gasteiger partial charge is 0.507 e. The summed E-state index contributed by atoms with van der Waals surface area (Å²) in [7, 11) is 0. The van der Waals surface area contributed by atoms with Gasteiger partial charge < -0.3 is 5.11 Å². The summed E-state index contributed by atoms with van der Waals surface area (Å²) in [6.07, 6.45) is 3.13. The number of H-pyrrole nitrogens is 1. The molecule has 2 aromatic carbocycles. The second-order valence-corrected chi connectivity index (χ2v) is 6.34. The first-order valence-corrected chi connectivity index (χ1v) is 8.26. The normalized spacial score (nSPS) is 11.0. The zero-order chi connectivity index (χ0) is 17.8. The number of hydrogen-bond donors (Lipinski definition) is 3. The molecule has 0 spiro atoms. The van der Waals surface area contributed by atoms with Crippen LogP contribution in [0.5, 0.6) is 5.75 Å². The minimum Gasteiger partial charge on any atom is -0.507 e. The Hall–Kier alpha value is -2.93. The molecule has 3 N–H and O–H groups in total. The fourth-order valence-electron chi connectivity index (χ4n) is 2.26. The van der Waals surface area contributed by atoms with Crippen molar-refractivity contribution in [3.05, 3.63) is 69.8 Å². The van der Waals surface area contributed by atoms with E-state index in [0.29, 0.717) is 4.47 Å². The molecule has 0 saturated carbocycles. The van der Waals surface area contributed by atoms with Crippen LogP contribution in [0.2, 0.25) is 0 Å². The summed E-state index contributed by atoms with van der Waals surface area (Å²) in [4.78, 5) is 12.1. The summed E-state index contributed by atoms with van der Waals surface area (Å²) in [5.41, 5.74) is 6.22. The summed E-state index contributed by atoms with van der Waals surface area (Å²) < 4.78 is 0.691. The average molecular weight is 399 g/mol. The van der Waals surface area contributed by atoms with Crippen LogP contribution in [-0.4, -0.2) is 27.4 Å². The van der Waals surface area contributed by atoms with Gasteiger partial charge in [-0.1, -0.05) is 45.8 Å². The molecule has 0 radical (unpaired) electrons. The number of carbonyl (C=O) groups excluding carboxylic acids is 1. The third-order valence-electron chi connectivity index (χ3n) is 3.58. The number of hydrazone groups is 1. The van der Waals surface area contributed by atoms with E-state index >= 15 is 0 Å². The number of halogens is 1. The Bertz CT molecular complexity index is 933. The number of hydrogen-bond acceptors (Lipinski definition) is 4. The van der Waals surface area contributed by atoms with Gasteiger partial charge in [0.1, 0.15) is 5.75 Å². The van der Waals surface area contributed by atoms with Crippen LogP contribution in [0.3, 0.4) is 0 Å². The predicted molar refractivity (Wildman–Crippen MR) is 99.6 cm³/mol. The zero-order valence-corrected chi connectivity index (χ0v) is 14.9. The van der Waals surface area contributed by atoms with Gasteiger partial charge in [-0.05, 0) is 25.1 Å². The van der Waals surface area contributed by atoms with Crippen LogP contribution < -0.4 is 5.43 Å². The first-order valence-electron chi connectivity index (χ1n) is 7.47. The lowest BCUT2D eigenvalue weighted by Crippen LogP contribution is -2.17.